The Hall–Kier alpha value is 0.00247. The van der Waals surface area contributed by atoms with Crippen molar-refractivity contribution in [3.63, 3.8) is 0 Å². The van der Waals surface area contributed by atoms with E-state index in [9.17, 15) is 4.79 Å². The Morgan fingerprint density at radius 2 is 1.73 bits per heavy atom. The standard InChI is InChI=1S/C4H7NO.2C4H9.Al/c6-4-2-1-3-5-4;2*1-4(2)3;/h1-3H2,(H,5,6);2*4H,1H2,2-3H3;. The van der Waals surface area contributed by atoms with Gasteiger partial charge in [0.15, 0.2) is 0 Å². The average Bonchev–Trinajstić information content (AvgIpc) is 2.55. The van der Waals surface area contributed by atoms with E-state index in [2.05, 4.69) is 33.0 Å². The molecule has 1 amide bonds. The molecule has 0 saturated carbocycles. The van der Waals surface area contributed by atoms with E-state index in [1.807, 2.05) is 0 Å². The number of rotatable bonds is 4. The molecule has 1 fully saturated rings. The highest BCUT2D eigenvalue weighted by atomic mass is 27.1. The van der Waals surface area contributed by atoms with Crippen LogP contribution in [0.5, 0.6) is 0 Å². The van der Waals surface area contributed by atoms with Crippen LogP contribution in [0.25, 0.3) is 0 Å². The number of nitrogens with one attached hydrogen (secondary N) is 1. The summed E-state index contributed by atoms with van der Waals surface area (Å²) in [6.45, 7) is 10.1. The van der Waals surface area contributed by atoms with Crippen LogP contribution in [0.2, 0.25) is 10.6 Å². The van der Waals surface area contributed by atoms with Crippen molar-refractivity contribution in [3.05, 3.63) is 0 Å². The first-order valence-corrected chi connectivity index (χ1v) is 7.74. The van der Waals surface area contributed by atoms with Gasteiger partial charge >= 0.3 is 0 Å². The summed E-state index contributed by atoms with van der Waals surface area (Å²) in [7, 11) is 0. The first-order valence-electron chi connectivity index (χ1n) is 6.10. The van der Waals surface area contributed by atoms with Gasteiger partial charge in [-0.3, -0.25) is 4.79 Å². The minimum Gasteiger partial charge on any atom is -0.356 e. The SMILES string of the molecule is CC(C)[CH2][Al][CH2]C(C)C.O=C1CCCN1. The molecule has 0 spiro atoms. The lowest BCUT2D eigenvalue weighted by molar-refractivity contribution is -0.119. The molecule has 1 rings (SSSR count). The lowest BCUT2D eigenvalue weighted by Gasteiger charge is -2.03. The molecule has 1 N–H and O–H groups in total. The second-order valence-corrected chi connectivity index (χ2v) is 6.52. The van der Waals surface area contributed by atoms with Crippen molar-refractivity contribution in [2.24, 2.45) is 11.8 Å². The van der Waals surface area contributed by atoms with Crippen LogP contribution in [0, 0.1) is 11.8 Å². The molecule has 1 saturated heterocycles. The van der Waals surface area contributed by atoms with Crippen molar-refractivity contribution in [1.82, 2.24) is 5.32 Å². The van der Waals surface area contributed by atoms with Gasteiger partial charge in [0.05, 0.1) is 0 Å². The Labute approximate surface area is 101 Å². The van der Waals surface area contributed by atoms with Gasteiger partial charge in [0.2, 0.25) is 21.1 Å². The molecule has 1 aliphatic heterocycles. The van der Waals surface area contributed by atoms with Crippen LogP contribution in [0.4, 0.5) is 0 Å². The van der Waals surface area contributed by atoms with Gasteiger partial charge in [0.1, 0.15) is 0 Å². The normalized spacial score (nSPS) is 14.9. The van der Waals surface area contributed by atoms with E-state index in [4.69, 9.17) is 0 Å². The molecule has 1 radical (unpaired) electrons. The predicted molar refractivity (Wildman–Crippen MR) is 67.3 cm³/mol. The summed E-state index contributed by atoms with van der Waals surface area (Å²) in [4.78, 5) is 10.1. The molecule has 1 heterocycles. The van der Waals surface area contributed by atoms with Crippen molar-refractivity contribution in [3.8, 4) is 0 Å². The minimum absolute atomic E-state index is 0.204. The van der Waals surface area contributed by atoms with Gasteiger partial charge in [-0.25, -0.2) is 0 Å². The Balaban J connectivity index is 0.000000280. The van der Waals surface area contributed by atoms with E-state index in [1.165, 1.54) is 10.6 Å². The van der Waals surface area contributed by atoms with Crippen LogP contribution < -0.4 is 5.32 Å². The molecule has 0 bridgehead atoms. The molecule has 0 aromatic heterocycles. The van der Waals surface area contributed by atoms with E-state index in [0.717, 1.165) is 46.4 Å². The average molecular weight is 226 g/mol. The second-order valence-electron chi connectivity index (χ2n) is 5.00. The number of hydrogen-bond acceptors (Lipinski definition) is 1. The largest absolute Gasteiger partial charge is 0.356 e. The molecule has 0 aliphatic carbocycles. The van der Waals surface area contributed by atoms with Gasteiger partial charge in [-0.2, -0.15) is 0 Å². The smallest absolute Gasteiger partial charge is 0.220 e. The summed E-state index contributed by atoms with van der Waals surface area (Å²) in [6.07, 6.45) is 1.76. The lowest BCUT2D eigenvalue weighted by atomic mass is 10.3. The highest BCUT2D eigenvalue weighted by Gasteiger charge is 2.05. The van der Waals surface area contributed by atoms with Crippen molar-refractivity contribution in [2.75, 3.05) is 6.54 Å². The third-order valence-corrected chi connectivity index (χ3v) is 4.73. The fourth-order valence-electron chi connectivity index (χ4n) is 1.33. The van der Waals surface area contributed by atoms with E-state index < -0.39 is 0 Å². The molecule has 15 heavy (non-hydrogen) atoms. The van der Waals surface area contributed by atoms with E-state index in [-0.39, 0.29) is 5.91 Å². The van der Waals surface area contributed by atoms with Crippen LogP contribution in [0.1, 0.15) is 40.5 Å². The summed E-state index contributed by atoms with van der Waals surface area (Å²) < 4.78 is 0. The third-order valence-electron chi connectivity index (χ3n) is 2.18. The zero-order valence-electron chi connectivity index (χ0n) is 10.7. The van der Waals surface area contributed by atoms with E-state index >= 15 is 0 Å². The fourth-order valence-corrected chi connectivity index (χ4v) is 2.85. The Morgan fingerprint density at radius 3 is 1.93 bits per heavy atom. The molecule has 1 aliphatic rings. The van der Waals surface area contributed by atoms with Crippen molar-refractivity contribution >= 4 is 21.1 Å². The summed E-state index contributed by atoms with van der Waals surface area (Å²) in [6, 6.07) is 0. The van der Waals surface area contributed by atoms with Crippen LogP contribution in [0.15, 0.2) is 0 Å². The zero-order valence-corrected chi connectivity index (χ0v) is 11.8. The highest BCUT2D eigenvalue weighted by Crippen LogP contribution is 2.05. The molecule has 0 aromatic carbocycles. The summed E-state index contributed by atoms with van der Waals surface area (Å²) in [5.41, 5.74) is 0. The van der Waals surface area contributed by atoms with Gasteiger partial charge in [-0.05, 0) is 6.42 Å². The molecule has 2 nitrogen and oxygen atoms in total. The molecule has 3 heteroatoms. The molecular weight excluding hydrogens is 201 g/mol. The van der Waals surface area contributed by atoms with Crippen LogP contribution in [-0.4, -0.2) is 27.7 Å². The first kappa shape index (κ1) is 15.0. The maximum Gasteiger partial charge on any atom is 0.220 e. The number of amides is 1. The summed E-state index contributed by atoms with van der Waals surface area (Å²) in [5.74, 6) is 2.06. The monoisotopic (exact) mass is 226 g/mol. The van der Waals surface area contributed by atoms with Gasteiger partial charge in [0.25, 0.3) is 0 Å². The highest BCUT2D eigenvalue weighted by molar-refractivity contribution is 6.35. The van der Waals surface area contributed by atoms with Crippen LogP contribution >= 0.6 is 0 Å². The fraction of sp³-hybridized carbons (Fsp3) is 0.917. The van der Waals surface area contributed by atoms with Crippen molar-refractivity contribution < 1.29 is 4.79 Å². The maximum atomic E-state index is 10.1. The van der Waals surface area contributed by atoms with Crippen molar-refractivity contribution in [2.45, 2.75) is 51.1 Å². The Bertz CT molecular complexity index is 153. The zero-order chi connectivity index (χ0) is 11.7. The van der Waals surface area contributed by atoms with Crippen molar-refractivity contribution in [1.29, 1.82) is 0 Å². The molecule has 0 atom stereocenters. The molecule has 87 valence electrons. The topological polar surface area (TPSA) is 29.1 Å². The van der Waals surface area contributed by atoms with Gasteiger partial charge in [0, 0.05) is 13.0 Å². The number of hydrogen-bond donors (Lipinski definition) is 1. The summed E-state index contributed by atoms with van der Waals surface area (Å²) >= 11 is 0.755. The molecular formula is C12H25AlNO. The van der Waals surface area contributed by atoms with Gasteiger partial charge in [-0.15, -0.1) is 10.6 Å². The summed E-state index contributed by atoms with van der Waals surface area (Å²) in [5, 5.41) is 5.65. The predicted octanol–water partition coefficient (Wildman–Crippen LogP) is 2.74. The Morgan fingerprint density at radius 1 is 1.20 bits per heavy atom. The molecule has 0 aromatic rings. The third kappa shape index (κ3) is 11.9. The lowest BCUT2D eigenvalue weighted by Crippen LogP contribution is -2.12. The van der Waals surface area contributed by atoms with E-state index in [1.54, 1.807) is 0 Å². The Kier molecular flexibility index (Phi) is 9.25. The van der Waals surface area contributed by atoms with E-state index in [0.29, 0.717) is 0 Å². The van der Waals surface area contributed by atoms with Crippen LogP contribution in [0.3, 0.4) is 0 Å². The minimum atomic E-state index is 0.204. The second kappa shape index (κ2) is 9.24. The van der Waals surface area contributed by atoms with Gasteiger partial charge in [-0.1, -0.05) is 39.5 Å². The van der Waals surface area contributed by atoms with Gasteiger partial charge < -0.3 is 5.32 Å². The number of carbonyl (C=O) groups excluding carboxylic acids is 1. The molecule has 0 unspecified atom stereocenters. The maximum absolute atomic E-state index is 10.1. The first-order chi connectivity index (χ1) is 7.02. The quantitative estimate of drug-likeness (QED) is 0.734. The van der Waals surface area contributed by atoms with Crippen LogP contribution in [-0.2, 0) is 4.79 Å². The number of carbonyl (C=O) groups is 1.